The van der Waals surface area contributed by atoms with Crippen molar-refractivity contribution in [2.45, 2.75) is 62.3 Å². The maximum absolute atomic E-state index is 5.83. The van der Waals surface area contributed by atoms with Crippen LogP contribution in [0.25, 0.3) is 90.9 Å². The molecule has 0 unspecified atom stereocenters. The minimum atomic E-state index is 0.834. The Balaban J connectivity index is 1.52. The monoisotopic (exact) mass is 764 g/mol. The van der Waals surface area contributed by atoms with Crippen LogP contribution in [0.2, 0.25) is 0 Å². The smallest absolute Gasteiger partial charge is 0.0737 e. The number of nitrogens with zero attached hydrogens (tertiary/aromatic N) is 2. The third-order valence-electron chi connectivity index (χ3n) is 11.9. The molecule has 4 aromatic carbocycles. The van der Waals surface area contributed by atoms with Crippen LogP contribution < -0.4 is 0 Å². The molecule has 2 aliphatic heterocycles. The average Bonchev–Trinajstić information content (AvgIpc) is 4.02. The Kier molecular flexibility index (Phi) is 9.21. The molecule has 59 heavy (non-hydrogen) atoms. The van der Waals surface area contributed by atoms with Gasteiger partial charge in [-0.25, -0.2) is 9.97 Å². The van der Waals surface area contributed by atoms with Crippen LogP contribution in [0.4, 0.5) is 0 Å². The van der Waals surface area contributed by atoms with Crippen molar-refractivity contribution in [1.29, 1.82) is 0 Å². The van der Waals surface area contributed by atoms with Gasteiger partial charge in [0.15, 0.2) is 0 Å². The third kappa shape index (κ3) is 6.54. The number of aromatic nitrogens is 4. The number of terminal acetylenes is 1. The van der Waals surface area contributed by atoms with Crippen LogP contribution in [0.1, 0.15) is 78.4 Å². The van der Waals surface area contributed by atoms with E-state index in [0.29, 0.717) is 0 Å². The van der Waals surface area contributed by atoms with Crippen LogP contribution in [0.5, 0.6) is 0 Å². The first-order valence-electron chi connectivity index (χ1n) is 20.4. The molecule has 9 rings (SSSR count). The van der Waals surface area contributed by atoms with Crippen LogP contribution in [0.15, 0.2) is 84.9 Å². The number of aromatic amines is 2. The first-order valence-corrected chi connectivity index (χ1v) is 20.4. The molecule has 2 aliphatic rings. The van der Waals surface area contributed by atoms with E-state index in [0.717, 1.165) is 78.2 Å². The molecule has 0 spiro atoms. The molecule has 0 aliphatic carbocycles. The molecule has 4 nitrogen and oxygen atoms in total. The topological polar surface area (TPSA) is 57.4 Å². The maximum Gasteiger partial charge on any atom is 0.0737 e. The minimum absolute atomic E-state index is 0.834. The average molecular weight is 765 g/mol. The zero-order valence-electron chi connectivity index (χ0n) is 35.4. The lowest BCUT2D eigenvalue weighted by Gasteiger charge is -2.14. The summed E-state index contributed by atoms with van der Waals surface area (Å²) in [4.78, 5) is 19.0. The number of hydrogen-bond acceptors (Lipinski definition) is 2. The van der Waals surface area contributed by atoms with E-state index in [-0.39, 0.29) is 0 Å². The van der Waals surface area contributed by atoms with Crippen molar-refractivity contribution in [2.75, 3.05) is 0 Å². The van der Waals surface area contributed by atoms with Crippen molar-refractivity contribution in [3.05, 3.63) is 163 Å². The highest BCUT2D eigenvalue weighted by Crippen LogP contribution is 2.42. The van der Waals surface area contributed by atoms with E-state index >= 15 is 0 Å². The first-order chi connectivity index (χ1) is 28.4. The summed E-state index contributed by atoms with van der Waals surface area (Å²) in [6.07, 6.45) is 14.5. The molecule has 288 valence electrons. The van der Waals surface area contributed by atoms with E-state index in [2.05, 4.69) is 175 Å². The van der Waals surface area contributed by atoms with Gasteiger partial charge in [0, 0.05) is 49.9 Å². The Labute approximate surface area is 347 Å². The second-order valence-corrected chi connectivity index (χ2v) is 16.5. The van der Waals surface area contributed by atoms with Crippen molar-refractivity contribution in [3.63, 3.8) is 0 Å². The van der Waals surface area contributed by atoms with Gasteiger partial charge in [-0.15, -0.1) is 6.42 Å². The fraction of sp³-hybridized carbons (Fsp3) is 0.164. The van der Waals surface area contributed by atoms with E-state index in [1.54, 1.807) is 0 Å². The highest BCUT2D eigenvalue weighted by molar-refractivity contribution is 6.01. The van der Waals surface area contributed by atoms with E-state index in [1.165, 1.54) is 66.8 Å². The molecule has 2 N–H and O–H groups in total. The summed E-state index contributed by atoms with van der Waals surface area (Å²) >= 11 is 0. The lowest BCUT2D eigenvalue weighted by molar-refractivity contribution is 1.27. The SMILES string of the molecule is C#Cc1ccc(-c2c3nc(c(-c4c(C)cc(C)cc4C)c4ccc([nH]4)c(-c4c(C)cc(C)cc4C)c4nc(c(-c5c(C)cc(C)cc5C)c5ccc2[nH]5)C=C4)C=C3)cc1. The number of benzene rings is 4. The summed E-state index contributed by atoms with van der Waals surface area (Å²) < 4.78 is 0. The highest BCUT2D eigenvalue weighted by Gasteiger charge is 2.22. The second-order valence-electron chi connectivity index (χ2n) is 16.5. The van der Waals surface area contributed by atoms with Crippen LogP contribution in [0.3, 0.4) is 0 Å². The number of nitrogens with one attached hydrogen (secondary N) is 2. The van der Waals surface area contributed by atoms with Gasteiger partial charge >= 0.3 is 0 Å². The van der Waals surface area contributed by atoms with Crippen molar-refractivity contribution >= 4 is 46.4 Å². The van der Waals surface area contributed by atoms with Crippen LogP contribution in [-0.4, -0.2) is 19.9 Å². The Morgan fingerprint density at radius 1 is 0.373 bits per heavy atom. The maximum atomic E-state index is 5.83. The van der Waals surface area contributed by atoms with Crippen LogP contribution in [-0.2, 0) is 0 Å². The normalized spacial score (nSPS) is 12.0. The van der Waals surface area contributed by atoms with E-state index in [9.17, 15) is 0 Å². The zero-order valence-corrected chi connectivity index (χ0v) is 35.4. The van der Waals surface area contributed by atoms with Gasteiger partial charge < -0.3 is 9.97 Å². The summed E-state index contributed by atoms with van der Waals surface area (Å²) in [5.41, 5.74) is 28.1. The van der Waals surface area contributed by atoms with Gasteiger partial charge in [0.25, 0.3) is 0 Å². The Hall–Kier alpha value is -6.96. The van der Waals surface area contributed by atoms with Crippen molar-refractivity contribution in [3.8, 4) is 56.9 Å². The second kappa shape index (κ2) is 14.5. The quantitative estimate of drug-likeness (QED) is 0.175. The third-order valence-corrected chi connectivity index (χ3v) is 11.9. The van der Waals surface area contributed by atoms with Gasteiger partial charge in [0.1, 0.15) is 0 Å². The van der Waals surface area contributed by atoms with Gasteiger partial charge in [-0.3, -0.25) is 0 Å². The molecule has 0 amide bonds. The van der Waals surface area contributed by atoms with E-state index < -0.39 is 0 Å². The molecule has 0 radical (unpaired) electrons. The summed E-state index contributed by atoms with van der Waals surface area (Å²) in [6, 6.07) is 30.7. The molecule has 4 heteroatoms. The molecule has 0 atom stereocenters. The highest BCUT2D eigenvalue weighted by atomic mass is 14.8. The van der Waals surface area contributed by atoms with Gasteiger partial charge in [0.05, 0.1) is 22.8 Å². The molecule has 7 aromatic rings. The zero-order chi connectivity index (χ0) is 41.3. The van der Waals surface area contributed by atoms with Gasteiger partial charge in [0.2, 0.25) is 0 Å². The van der Waals surface area contributed by atoms with Gasteiger partial charge in [-0.05, 0) is 179 Å². The van der Waals surface area contributed by atoms with Gasteiger partial charge in [-0.1, -0.05) is 71.1 Å². The van der Waals surface area contributed by atoms with E-state index in [4.69, 9.17) is 16.4 Å². The summed E-state index contributed by atoms with van der Waals surface area (Å²) in [5.74, 6) is 2.79. The predicted octanol–water partition coefficient (Wildman–Crippen LogP) is 14.1. The standard InChI is InChI=1S/C55H48N4/c1-11-39-12-14-40(15-13-39)52-41-16-18-43(56-41)53(49-33(5)24-30(2)25-34(49)6)45-20-22-47(58-45)55(51-37(9)28-32(4)29-38(51)10)48-23-21-46(59-48)54(44-19-17-42(52)57-44)50-35(7)26-31(3)27-36(50)8/h1,12-29,56,59H,2-10H3. The first kappa shape index (κ1) is 37.6. The summed E-state index contributed by atoms with van der Waals surface area (Å²) in [7, 11) is 0. The molecule has 3 aromatic heterocycles. The molecule has 0 fully saturated rings. The van der Waals surface area contributed by atoms with Crippen LogP contribution in [0, 0.1) is 74.7 Å². The van der Waals surface area contributed by atoms with Crippen LogP contribution >= 0.6 is 0 Å². The molecule has 0 saturated heterocycles. The predicted molar refractivity (Wildman–Crippen MR) is 251 cm³/mol. The number of hydrogen-bond donors (Lipinski definition) is 2. The Morgan fingerprint density at radius 3 is 0.966 bits per heavy atom. The van der Waals surface area contributed by atoms with Crippen molar-refractivity contribution in [1.82, 2.24) is 19.9 Å². The molecular weight excluding hydrogens is 717 g/mol. The molecular formula is C55H48N4. The number of aryl methyl sites for hydroxylation is 9. The number of fused-ring (bicyclic) bond motifs is 8. The number of H-pyrrole nitrogens is 2. The molecule has 8 bridgehead atoms. The van der Waals surface area contributed by atoms with Crippen molar-refractivity contribution < 1.29 is 0 Å². The molecule has 0 saturated carbocycles. The Morgan fingerprint density at radius 2 is 0.661 bits per heavy atom. The lowest BCUT2D eigenvalue weighted by atomic mass is 9.92. The Bertz CT molecular complexity index is 3060. The lowest BCUT2D eigenvalue weighted by Crippen LogP contribution is -1.96. The fourth-order valence-corrected chi connectivity index (χ4v) is 9.75. The van der Waals surface area contributed by atoms with Gasteiger partial charge in [-0.2, -0.15) is 0 Å². The van der Waals surface area contributed by atoms with E-state index in [1.807, 2.05) is 12.1 Å². The largest absolute Gasteiger partial charge is 0.354 e. The fourth-order valence-electron chi connectivity index (χ4n) is 9.75. The molecule has 5 heterocycles. The summed E-state index contributed by atoms with van der Waals surface area (Å²) in [5, 5.41) is 0. The summed E-state index contributed by atoms with van der Waals surface area (Å²) in [6.45, 7) is 19.7. The minimum Gasteiger partial charge on any atom is -0.354 e. The number of rotatable bonds is 4. The van der Waals surface area contributed by atoms with Crippen molar-refractivity contribution in [2.24, 2.45) is 0 Å².